The van der Waals surface area contributed by atoms with Gasteiger partial charge in [0.15, 0.2) is 6.54 Å². The van der Waals surface area contributed by atoms with Crippen LogP contribution in [0.5, 0.6) is 5.75 Å². The molecule has 7 N–H and O–H groups in total. The molecule has 0 fully saturated rings. The maximum atomic E-state index is 11.2. The summed E-state index contributed by atoms with van der Waals surface area (Å²) in [6.45, 7) is 0.0549. The zero-order chi connectivity index (χ0) is 12.8. The second-order valence-electron chi connectivity index (χ2n) is 3.64. The average molecular weight is 238 g/mol. The number of nitrogens with two attached hydrogens (primary N) is 1. The van der Waals surface area contributed by atoms with E-state index in [0.29, 0.717) is 6.42 Å². The van der Waals surface area contributed by atoms with Gasteiger partial charge in [-0.05, 0) is 17.7 Å². The SMILES string of the molecule is NC(=O)[C@H](Cc1ccc(O)cc1)NC(=O)C[NH3+]. The van der Waals surface area contributed by atoms with Crippen molar-refractivity contribution in [1.29, 1.82) is 0 Å². The van der Waals surface area contributed by atoms with E-state index in [0.717, 1.165) is 5.56 Å². The Hall–Kier alpha value is -2.08. The highest BCUT2D eigenvalue weighted by molar-refractivity contribution is 5.87. The van der Waals surface area contributed by atoms with E-state index in [1.165, 1.54) is 12.1 Å². The molecule has 0 aliphatic rings. The van der Waals surface area contributed by atoms with E-state index < -0.39 is 11.9 Å². The molecule has 6 nitrogen and oxygen atoms in total. The molecule has 1 rings (SSSR count). The number of hydrogen-bond acceptors (Lipinski definition) is 3. The van der Waals surface area contributed by atoms with Gasteiger partial charge in [0, 0.05) is 6.42 Å². The van der Waals surface area contributed by atoms with Crippen molar-refractivity contribution in [3.05, 3.63) is 29.8 Å². The maximum Gasteiger partial charge on any atom is 0.275 e. The third-order valence-corrected chi connectivity index (χ3v) is 2.28. The first kappa shape index (κ1) is 13.0. The number of hydrogen-bond donors (Lipinski definition) is 4. The molecule has 0 aliphatic heterocycles. The summed E-state index contributed by atoms with van der Waals surface area (Å²) >= 11 is 0. The maximum absolute atomic E-state index is 11.2. The Morgan fingerprint density at radius 3 is 2.41 bits per heavy atom. The molecule has 0 saturated carbocycles. The molecule has 1 atom stereocenters. The predicted molar refractivity (Wildman–Crippen MR) is 60.7 cm³/mol. The lowest BCUT2D eigenvalue weighted by Gasteiger charge is -2.14. The van der Waals surface area contributed by atoms with Crippen LogP contribution in [-0.2, 0) is 16.0 Å². The Bertz CT molecular complexity index is 403. The van der Waals surface area contributed by atoms with Gasteiger partial charge in [0.2, 0.25) is 5.91 Å². The van der Waals surface area contributed by atoms with Crippen LogP contribution < -0.4 is 16.8 Å². The van der Waals surface area contributed by atoms with E-state index in [-0.39, 0.29) is 18.2 Å². The van der Waals surface area contributed by atoms with Crippen LogP contribution in [0.3, 0.4) is 0 Å². The fourth-order valence-corrected chi connectivity index (χ4v) is 1.36. The normalized spacial score (nSPS) is 11.8. The van der Waals surface area contributed by atoms with Gasteiger partial charge < -0.3 is 21.9 Å². The zero-order valence-corrected chi connectivity index (χ0v) is 9.35. The van der Waals surface area contributed by atoms with Crippen molar-refractivity contribution in [2.24, 2.45) is 5.73 Å². The van der Waals surface area contributed by atoms with E-state index >= 15 is 0 Å². The molecule has 0 bridgehead atoms. The summed E-state index contributed by atoms with van der Waals surface area (Å²) in [6.07, 6.45) is 0.293. The van der Waals surface area contributed by atoms with Gasteiger partial charge in [-0.2, -0.15) is 0 Å². The fourth-order valence-electron chi connectivity index (χ4n) is 1.36. The third-order valence-electron chi connectivity index (χ3n) is 2.28. The fraction of sp³-hybridized carbons (Fsp3) is 0.273. The first-order valence-corrected chi connectivity index (χ1v) is 5.18. The van der Waals surface area contributed by atoms with Crippen molar-refractivity contribution in [2.75, 3.05) is 6.54 Å². The molecule has 0 radical (unpaired) electrons. The number of quaternary nitrogens is 1. The van der Waals surface area contributed by atoms with Gasteiger partial charge in [0.25, 0.3) is 5.91 Å². The van der Waals surface area contributed by atoms with Crippen LogP contribution in [-0.4, -0.2) is 29.5 Å². The van der Waals surface area contributed by atoms with E-state index in [2.05, 4.69) is 11.1 Å². The van der Waals surface area contributed by atoms with E-state index in [1.807, 2.05) is 0 Å². The van der Waals surface area contributed by atoms with Crippen LogP contribution in [0.15, 0.2) is 24.3 Å². The summed E-state index contributed by atoms with van der Waals surface area (Å²) in [5.41, 5.74) is 9.42. The van der Waals surface area contributed by atoms with Crippen LogP contribution in [0.25, 0.3) is 0 Å². The van der Waals surface area contributed by atoms with Crippen LogP contribution in [0, 0.1) is 0 Å². The number of phenols is 1. The highest BCUT2D eigenvalue weighted by Gasteiger charge is 2.18. The Morgan fingerprint density at radius 2 is 1.94 bits per heavy atom. The van der Waals surface area contributed by atoms with Crippen LogP contribution in [0.4, 0.5) is 0 Å². The Morgan fingerprint density at radius 1 is 1.35 bits per heavy atom. The number of nitrogens with one attached hydrogen (secondary N) is 1. The number of carbonyl (C=O) groups excluding carboxylic acids is 2. The molecule has 0 saturated heterocycles. The lowest BCUT2D eigenvalue weighted by molar-refractivity contribution is -0.355. The van der Waals surface area contributed by atoms with Crippen molar-refractivity contribution in [2.45, 2.75) is 12.5 Å². The number of aromatic hydroxyl groups is 1. The standard InChI is InChI=1S/C11H15N3O3/c12-6-10(16)14-9(11(13)17)5-7-1-3-8(15)4-2-7/h1-4,9,15H,5-6,12H2,(H2,13,17)(H,14,16)/p+1/t9-/m0/s1. The smallest absolute Gasteiger partial charge is 0.275 e. The monoisotopic (exact) mass is 238 g/mol. The summed E-state index contributed by atoms with van der Waals surface area (Å²) in [5, 5.41) is 11.6. The van der Waals surface area contributed by atoms with Crippen molar-refractivity contribution < 1.29 is 20.4 Å². The van der Waals surface area contributed by atoms with E-state index in [4.69, 9.17) is 10.8 Å². The number of benzene rings is 1. The number of phenolic OH excluding ortho intramolecular Hbond substituents is 1. The van der Waals surface area contributed by atoms with Crippen molar-refractivity contribution in [1.82, 2.24) is 5.32 Å². The van der Waals surface area contributed by atoms with E-state index in [1.54, 1.807) is 12.1 Å². The van der Waals surface area contributed by atoms with Gasteiger partial charge in [0.1, 0.15) is 11.8 Å². The van der Waals surface area contributed by atoms with Crippen LogP contribution >= 0.6 is 0 Å². The summed E-state index contributed by atoms with van der Waals surface area (Å²) in [7, 11) is 0. The minimum Gasteiger partial charge on any atom is -0.508 e. The summed E-state index contributed by atoms with van der Waals surface area (Å²) in [6, 6.07) is 5.60. The average Bonchev–Trinajstić information content (AvgIpc) is 2.30. The minimum absolute atomic E-state index is 0.0549. The number of rotatable bonds is 5. The number of amides is 2. The quantitative estimate of drug-likeness (QED) is 0.481. The van der Waals surface area contributed by atoms with Gasteiger partial charge in [0.05, 0.1) is 0 Å². The molecule has 1 aromatic carbocycles. The molecule has 6 heteroatoms. The lowest BCUT2D eigenvalue weighted by atomic mass is 10.1. The predicted octanol–water partition coefficient (Wildman–Crippen LogP) is -1.85. The largest absolute Gasteiger partial charge is 0.508 e. The van der Waals surface area contributed by atoms with Gasteiger partial charge >= 0.3 is 0 Å². The summed E-state index contributed by atoms with van der Waals surface area (Å²) in [4.78, 5) is 22.3. The molecule has 0 unspecified atom stereocenters. The zero-order valence-electron chi connectivity index (χ0n) is 9.35. The van der Waals surface area contributed by atoms with Crippen LogP contribution in [0.1, 0.15) is 5.56 Å². The number of carbonyl (C=O) groups is 2. The van der Waals surface area contributed by atoms with Crippen molar-refractivity contribution in [3.63, 3.8) is 0 Å². The molecule has 0 aromatic heterocycles. The Kier molecular flexibility index (Phi) is 4.47. The summed E-state index contributed by atoms with van der Waals surface area (Å²) < 4.78 is 0. The molecule has 2 amide bonds. The Balaban J connectivity index is 2.70. The van der Waals surface area contributed by atoms with E-state index in [9.17, 15) is 9.59 Å². The van der Waals surface area contributed by atoms with Crippen LogP contribution in [0.2, 0.25) is 0 Å². The van der Waals surface area contributed by atoms with Gasteiger partial charge in [-0.25, -0.2) is 0 Å². The second kappa shape index (κ2) is 5.86. The molecule has 0 aliphatic carbocycles. The van der Waals surface area contributed by atoms with Gasteiger partial charge in [-0.1, -0.05) is 12.1 Å². The van der Waals surface area contributed by atoms with Crippen molar-refractivity contribution in [3.8, 4) is 5.75 Å². The third kappa shape index (κ3) is 4.12. The number of primary amides is 1. The molecule has 0 heterocycles. The molecule has 0 spiro atoms. The first-order valence-electron chi connectivity index (χ1n) is 5.18. The summed E-state index contributed by atoms with van der Waals surface area (Å²) in [5.74, 6) is -0.779. The highest BCUT2D eigenvalue weighted by atomic mass is 16.3. The van der Waals surface area contributed by atoms with Crippen molar-refractivity contribution >= 4 is 11.8 Å². The first-order chi connectivity index (χ1) is 8.02. The Labute approximate surface area is 98.6 Å². The van der Waals surface area contributed by atoms with Gasteiger partial charge in [-0.15, -0.1) is 0 Å². The minimum atomic E-state index is -0.756. The highest BCUT2D eigenvalue weighted by Crippen LogP contribution is 2.11. The lowest BCUT2D eigenvalue weighted by Crippen LogP contribution is -2.60. The molecule has 92 valence electrons. The van der Waals surface area contributed by atoms with Gasteiger partial charge in [-0.3, -0.25) is 9.59 Å². The topological polar surface area (TPSA) is 120 Å². The molecular weight excluding hydrogens is 222 g/mol. The molecular formula is C11H16N3O3+. The molecule has 1 aromatic rings. The molecule has 17 heavy (non-hydrogen) atoms. The second-order valence-corrected chi connectivity index (χ2v) is 3.64.